The van der Waals surface area contributed by atoms with Gasteiger partial charge in [-0.15, -0.1) is 0 Å². The monoisotopic (exact) mass is 284 g/mol. The number of hydrogen-bond acceptors (Lipinski definition) is 3. The molecule has 4 rings (SSSR count). The Hall–Kier alpha value is -1.33. The lowest BCUT2D eigenvalue weighted by Crippen LogP contribution is -2.41. The molecule has 21 heavy (non-hydrogen) atoms. The number of nitrogens with one attached hydrogen (secondary N) is 1. The van der Waals surface area contributed by atoms with Gasteiger partial charge in [0, 0.05) is 5.39 Å². The highest BCUT2D eigenvalue weighted by atomic mass is 16.7. The Kier molecular flexibility index (Phi) is 2.61. The molecule has 5 heteroatoms. The van der Waals surface area contributed by atoms with Gasteiger partial charge in [-0.05, 0) is 63.5 Å². The number of benzene rings is 1. The Morgan fingerprint density at radius 2 is 1.81 bits per heavy atom. The van der Waals surface area contributed by atoms with Crippen LogP contribution in [0.3, 0.4) is 0 Å². The number of hydrogen-bond donors (Lipinski definition) is 1. The fraction of sp³-hybridized carbons (Fsp3) is 0.562. The van der Waals surface area contributed by atoms with Crippen molar-refractivity contribution in [3.63, 3.8) is 0 Å². The molecule has 0 bridgehead atoms. The summed E-state index contributed by atoms with van der Waals surface area (Å²) in [5, 5.41) is 8.36. The Labute approximate surface area is 125 Å². The zero-order valence-electron chi connectivity index (χ0n) is 13.1. The summed E-state index contributed by atoms with van der Waals surface area (Å²) in [6.45, 7) is 8.39. The average Bonchev–Trinajstić information content (AvgIpc) is 3.08. The Bertz CT molecular complexity index is 687. The normalized spacial score (nSPS) is 23.9. The molecule has 1 N–H and O–H groups in total. The molecule has 2 aromatic rings. The quantitative estimate of drug-likeness (QED) is 0.862. The second-order valence-corrected chi connectivity index (χ2v) is 7.26. The van der Waals surface area contributed by atoms with Crippen LogP contribution in [0.2, 0.25) is 0 Å². The van der Waals surface area contributed by atoms with Gasteiger partial charge in [0.1, 0.15) is 0 Å². The molecule has 0 amide bonds. The molecule has 1 saturated heterocycles. The zero-order valence-corrected chi connectivity index (χ0v) is 13.1. The van der Waals surface area contributed by atoms with Gasteiger partial charge in [0.15, 0.2) is 0 Å². The molecule has 2 fully saturated rings. The van der Waals surface area contributed by atoms with E-state index < -0.39 is 0 Å². The third kappa shape index (κ3) is 1.94. The van der Waals surface area contributed by atoms with E-state index in [0.717, 1.165) is 10.9 Å². The Morgan fingerprint density at radius 3 is 2.43 bits per heavy atom. The van der Waals surface area contributed by atoms with Crippen molar-refractivity contribution in [2.75, 3.05) is 0 Å². The number of nitrogens with zero attached hydrogens (tertiary/aromatic N) is 1. The average molecular weight is 284 g/mol. The minimum absolute atomic E-state index is 0.313. The van der Waals surface area contributed by atoms with E-state index in [4.69, 9.17) is 9.31 Å². The molecule has 4 nitrogen and oxygen atoms in total. The smallest absolute Gasteiger partial charge is 0.399 e. The van der Waals surface area contributed by atoms with Gasteiger partial charge in [-0.3, -0.25) is 5.10 Å². The van der Waals surface area contributed by atoms with Crippen molar-refractivity contribution in [3.05, 3.63) is 23.9 Å². The first kappa shape index (κ1) is 13.3. The number of H-pyrrole nitrogens is 1. The Balaban J connectivity index is 1.86. The minimum atomic E-state index is -0.315. The molecule has 0 unspecified atom stereocenters. The van der Waals surface area contributed by atoms with Crippen LogP contribution in [-0.2, 0) is 9.31 Å². The van der Waals surface area contributed by atoms with Gasteiger partial charge in [0.05, 0.1) is 22.9 Å². The molecule has 0 radical (unpaired) electrons. The molecule has 2 aliphatic rings. The van der Waals surface area contributed by atoms with Crippen molar-refractivity contribution in [1.29, 1.82) is 0 Å². The van der Waals surface area contributed by atoms with Gasteiger partial charge >= 0.3 is 7.12 Å². The summed E-state index contributed by atoms with van der Waals surface area (Å²) in [6, 6.07) is 4.32. The molecule has 0 spiro atoms. The van der Waals surface area contributed by atoms with Crippen molar-refractivity contribution >= 4 is 23.5 Å². The SMILES string of the molecule is CC1(C)OB(c2c(C3CC3)ccc3[nH]ncc23)OC1(C)C. The summed E-state index contributed by atoms with van der Waals surface area (Å²) >= 11 is 0. The molecule has 2 heterocycles. The van der Waals surface area contributed by atoms with Crippen molar-refractivity contribution in [1.82, 2.24) is 10.2 Å². The molecule has 1 aliphatic heterocycles. The van der Waals surface area contributed by atoms with Gasteiger partial charge in [0.2, 0.25) is 0 Å². The van der Waals surface area contributed by atoms with Crippen molar-refractivity contribution in [2.24, 2.45) is 0 Å². The van der Waals surface area contributed by atoms with Crippen LogP contribution in [0, 0.1) is 0 Å². The fourth-order valence-electron chi connectivity index (χ4n) is 3.03. The van der Waals surface area contributed by atoms with E-state index in [0.29, 0.717) is 5.92 Å². The molecule has 1 saturated carbocycles. The lowest BCUT2D eigenvalue weighted by Gasteiger charge is -2.32. The highest BCUT2D eigenvalue weighted by molar-refractivity contribution is 6.65. The first-order chi connectivity index (χ1) is 9.89. The van der Waals surface area contributed by atoms with Gasteiger partial charge in [-0.25, -0.2) is 0 Å². The number of fused-ring (bicyclic) bond motifs is 1. The second kappa shape index (κ2) is 4.11. The molecule has 1 aliphatic carbocycles. The van der Waals surface area contributed by atoms with Crippen molar-refractivity contribution in [2.45, 2.75) is 57.7 Å². The molecule has 1 aromatic heterocycles. The minimum Gasteiger partial charge on any atom is -0.399 e. The molecular weight excluding hydrogens is 263 g/mol. The molecule has 1 aromatic carbocycles. The van der Waals surface area contributed by atoms with Crippen LogP contribution < -0.4 is 5.46 Å². The van der Waals surface area contributed by atoms with Gasteiger partial charge < -0.3 is 9.31 Å². The molecule has 110 valence electrons. The van der Waals surface area contributed by atoms with Crippen LogP contribution in [0.5, 0.6) is 0 Å². The first-order valence-electron chi connectivity index (χ1n) is 7.70. The molecular formula is C16H21BN2O2. The van der Waals surface area contributed by atoms with E-state index in [-0.39, 0.29) is 18.3 Å². The van der Waals surface area contributed by atoms with E-state index in [1.165, 1.54) is 23.9 Å². The van der Waals surface area contributed by atoms with Crippen LogP contribution in [0.4, 0.5) is 0 Å². The van der Waals surface area contributed by atoms with Gasteiger partial charge in [-0.1, -0.05) is 6.07 Å². The fourth-order valence-corrected chi connectivity index (χ4v) is 3.03. The van der Waals surface area contributed by atoms with Crippen LogP contribution in [0.1, 0.15) is 52.0 Å². The third-order valence-corrected chi connectivity index (χ3v) is 5.21. The predicted octanol–water partition coefficient (Wildman–Crippen LogP) is 2.74. The van der Waals surface area contributed by atoms with Crippen LogP contribution in [-0.4, -0.2) is 28.5 Å². The predicted molar refractivity (Wildman–Crippen MR) is 83.8 cm³/mol. The van der Waals surface area contributed by atoms with Gasteiger partial charge in [-0.2, -0.15) is 5.10 Å². The topological polar surface area (TPSA) is 47.1 Å². The largest absolute Gasteiger partial charge is 0.495 e. The lowest BCUT2D eigenvalue weighted by molar-refractivity contribution is 0.00578. The molecule has 0 atom stereocenters. The highest BCUT2D eigenvalue weighted by Crippen LogP contribution is 2.42. The standard InChI is InChI=1S/C16H21BN2O2/c1-15(2)16(3,4)21-17(20-15)14-11(10-5-6-10)7-8-13-12(14)9-18-19-13/h7-10H,5-6H2,1-4H3,(H,18,19). The van der Waals surface area contributed by atoms with Crippen LogP contribution >= 0.6 is 0 Å². The van der Waals surface area contributed by atoms with E-state index in [2.05, 4.69) is 50.0 Å². The van der Waals surface area contributed by atoms with Crippen molar-refractivity contribution < 1.29 is 9.31 Å². The van der Waals surface area contributed by atoms with Crippen LogP contribution in [0.15, 0.2) is 18.3 Å². The van der Waals surface area contributed by atoms with Crippen LogP contribution in [0.25, 0.3) is 10.9 Å². The summed E-state index contributed by atoms with van der Waals surface area (Å²) < 4.78 is 12.6. The second-order valence-electron chi connectivity index (χ2n) is 7.26. The van der Waals surface area contributed by atoms with Crippen molar-refractivity contribution in [3.8, 4) is 0 Å². The number of aromatic nitrogens is 2. The highest BCUT2D eigenvalue weighted by Gasteiger charge is 2.53. The summed E-state index contributed by atoms with van der Waals surface area (Å²) in [5.74, 6) is 0.651. The first-order valence-corrected chi connectivity index (χ1v) is 7.70. The summed E-state index contributed by atoms with van der Waals surface area (Å²) in [4.78, 5) is 0. The van der Waals surface area contributed by atoms with Gasteiger partial charge in [0.25, 0.3) is 0 Å². The maximum atomic E-state index is 6.28. The summed E-state index contributed by atoms with van der Waals surface area (Å²) in [6.07, 6.45) is 4.41. The number of rotatable bonds is 2. The maximum Gasteiger partial charge on any atom is 0.495 e. The zero-order chi connectivity index (χ0) is 14.8. The summed E-state index contributed by atoms with van der Waals surface area (Å²) in [5.41, 5.74) is 2.95. The lowest BCUT2D eigenvalue weighted by atomic mass is 9.73. The van der Waals surface area contributed by atoms with E-state index >= 15 is 0 Å². The third-order valence-electron chi connectivity index (χ3n) is 5.21. The Morgan fingerprint density at radius 1 is 1.14 bits per heavy atom. The van der Waals surface area contributed by atoms with E-state index in [9.17, 15) is 0 Å². The number of aromatic amines is 1. The van der Waals surface area contributed by atoms with E-state index in [1.54, 1.807) is 0 Å². The summed E-state index contributed by atoms with van der Waals surface area (Å²) in [7, 11) is -0.313. The maximum absolute atomic E-state index is 6.28. The van der Waals surface area contributed by atoms with E-state index in [1.807, 2.05) is 6.20 Å².